The van der Waals surface area contributed by atoms with E-state index in [1.54, 1.807) is 17.0 Å². The maximum absolute atomic E-state index is 12.0. The van der Waals surface area contributed by atoms with E-state index in [0.717, 1.165) is 25.7 Å². The molecule has 7 nitrogen and oxygen atoms in total. The van der Waals surface area contributed by atoms with Crippen molar-refractivity contribution in [3.63, 3.8) is 0 Å². The lowest BCUT2D eigenvalue weighted by Crippen LogP contribution is -2.32. The van der Waals surface area contributed by atoms with Crippen LogP contribution >= 0.6 is 0 Å². The van der Waals surface area contributed by atoms with Crippen molar-refractivity contribution in [2.45, 2.75) is 31.7 Å². The Morgan fingerprint density at radius 1 is 1.25 bits per heavy atom. The van der Waals surface area contributed by atoms with Gasteiger partial charge in [0.2, 0.25) is 5.95 Å². The summed E-state index contributed by atoms with van der Waals surface area (Å²) in [5, 5.41) is 9.80. The van der Waals surface area contributed by atoms with Crippen LogP contribution < -0.4 is 9.80 Å². The van der Waals surface area contributed by atoms with E-state index < -0.39 is 5.97 Å². The smallest absolute Gasteiger partial charge is 0.341 e. The molecule has 1 saturated carbocycles. The molecule has 0 aliphatic heterocycles. The number of hydrogen-bond donors (Lipinski definition) is 1. The SMILES string of the molecule is CN(C)c1nc(-c2ccco2)c(C(=O)O)c(N(C)C2CCCC2)n1. The number of carboxylic acids is 1. The molecule has 2 heterocycles. The van der Waals surface area contributed by atoms with E-state index in [0.29, 0.717) is 29.3 Å². The van der Waals surface area contributed by atoms with Crippen LogP contribution in [0, 0.1) is 0 Å². The molecular formula is C17H22N4O3. The molecule has 1 aliphatic rings. The molecule has 7 heteroatoms. The lowest BCUT2D eigenvalue weighted by molar-refractivity contribution is 0.0697. The molecule has 0 spiro atoms. The van der Waals surface area contributed by atoms with E-state index in [1.165, 1.54) is 6.26 Å². The first-order valence-electron chi connectivity index (χ1n) is 8.08. The summed E-state index contributed by atoms with van der Waals surface area (Å²) in [6.07, 6.45) is 5.93. The summed E-state index contributed by atoms with van der Waals surface area (Å²) in [5.74, 6) is 0.288. The highest BCUT2D eigenvalue weighted by atomic mass is 16.4. The van der Waals surface area contributed by atoms with Gasteiger partial charge >= 0.3 is 5.97 Å². The number of aromatic nitrogens is 2. The van der Waals surface area contributed by atoms with E-state index in [9.17, 15) is 9.90 Å². The number of aromatic carboxylic acids is 1. The molecule has 0 unspecified atom stereocenters. The number of nitrogens with zero attached hydrogens (tertiary/aromatic N) is 4. The number of carboxylic acid groups (broad SMARTS) is 1. The summed E-state index contributed by atoms with van der Waals surface area (Å²) in [7, 11) is 5.58. The van der Waals surface area contributed by atoms with Crippen LogP contribution in [-0.4, -0.2) is 48.2 Å². The summed E-state index contributed by atoms with van der Waals surface area (Å²) in [6, 6.07) is 3.74. The van der Waals surface area contributed by atoms with Crippen molar-refractivity contribution < 1.29 is 14.3 Å². The molecule has 2 aromatic heterocycles. The third-order valence-corrected chi connectivity index (χ3v) is 4.45. The van der Waals surface area contributed by atoms with Gasteiger partial charge in [0, 0.05) is 27.2 Å². The molecule has 1 N–H and O–H groups in total. The fourth-order valence-corrected chi connectivity index (χ4v) is 3.15. The number of hydrogen-bond acceptors (Lipinski definition) is 6. The van der Waals surface area contributed by atoms with Crippen molar-refractivity contribution in [1.29, 1.82) is 0 Å². The van der Waals surface area contributed by atoms with E-state index in [2.05, 4.69) is 9.97 Å². The Morgan fingerprint density at radius 2 is 1.96 bits per heavy atom. The molecular weight excluding hydrogens is 308 g/mol. The molecule has 0 radical (unpaired) electrons. The minimum atomic E-state index is -1.05. The molecule has 24 heavy (non-hydrogen) atoms. The van der Waals surface area contributed by atoms with E-state index in [-0.39, 0.29) is 5.56 Å². The second-order valence-electron chi connectivity index (χ2n) is 6.30. The molecule has 2 aromatic rings. The summed E-state index contributed by atoms with van der Waals surface area (Å²) >= 11 is 0. The van der Waals surface area contributed by atoms with Crippen LogP contribution in [0.2, 0.25) is 0 Å². The van der Waals surface area contributed by atoms with Gasteiger partial charge in [-0.2, -0.15) is 4.98 Å². The number of rotatable bonds is 5. The zero-order valence-electron chi connectivity index (χ0n) is 14.2. The van der Waals surface area contributed by atoms with Crippen molar-refractivity contribution >= 4 is 17.7 Å². The molecule has 0 aromatic carbocycles. The van der Waals surface area contributed by atoms with E-state index in [4.69, 9.17) is 4.42 Å². The molecule has 128 valence electrons. The first-order chi connectivity index (χ1) is 11.5. The maximum atomic E-state index is 12.0. The van der Waals surface area contributed by atoms with Gasteiger partial charge in [-0.05, 0) is 25.0 Å². The summed E-state index contributed by atoms with van der Waals surface area (Å²) in [4.78, 5) is 24.7. The van der Waals surface area contributed by atoms with Crippen LogP contribution in [0.5, 0.6) is 0 Å². The zero-order chi connectivity index (χ0) is 17.3. The van der Waals surface area contributed by atoms with Crippen molar-refractivity contribution in [3.8, 4) is 11.5 Å². The minimum Gasteiger partial charge on any atom is -0.477 e. The highest BCUT2D eigenvalue weighted by Gasteiger charge is 2.29. The molecule has 1 fully saturated rings. The zero-order valence-corrected chi connectivity index (χ0v) is 14.2. The summed E-state index contributed by atoms with van der Waals surface area (Å²) < 4.78 is 5.41. The molecule has 0 saturated heterocycles. The monoisotopic (exact) mass is 330 g/mol. The van der Waals surface area contributed by atoms with Crippen molar-refractivity contribution in [1.82, 2.24) is 9.97 Å². The lowest BCUT2D eigenvalue weighted by Gasteiger charge is -2.28. The Balaban J connectivity index is 2.19. The van der Waals surface area contributed by atoms with Gasteiger partial charge in [0.15, 0.2) is 5.76 Å². The topological polar surface area (TPSA) is 82.7 Å². The molecule has 0 amide bonds. The number of anilines is 2. The quantitative estimate of drug-likeness (QED) is 0.902. The Kier molecular flexibility index (Phi) is 4.42. The molecule has 3 rings (SSSR count). The third kappa shape index (κ3) is 2.93. The van der Waals surface area contributed by atoms with Gasteiger partial charge < -0.3 is 19.3 Å². The maximum Gasteiger partial charge on any atom is 0.341 e. The largest absolute Gasteiger partial charge is 0.477 e. The van der Waals surface area contributed by atoms with Gasteiger partial charge in [-0.25, -0.2) is 9.78 Å². The van der Waals surface area contributed by atoms with Gasteiger partial charge in [0.05, 0.1) is 6.26 Å². The van der Waals surface area contributed by atoms with E-state index in [1.807, 2.05) is 26.0 Å². The average Bonchev–Trinajstić information content (AvgIpc) is 3.25. The summed E-state index contributed by atoms with van der Waals surface area (Å²) in [5.41, 5.74) is 0.399. The standard InChI is InChI=1S/C17H22N4O3/c1-20(2)17-18-14(12-9-6-10-24-12)13(16(22)23)15(19-17)21(3)11-7-4-5-8-11/h6,9-11H,4-5,7-8H2,1-3H3,(H,22,23). The summed E-state index contributed by atoms with van der Waals surface area (Å²) in [6.45, 7) is 0. The molecule has 0 bridgehead atoms. The van der Waals surface area contributed by atoms with Crippen LogP contribution in [-0.2, 0) is 0 Å². The van der Waals surface area contributed by atoms with Crippen LogP contribution in [0.25, 0.3) is 11.5 Å². The van der Waals surface area contributed by atoms with Gasteiger partial charge in [0.25, 0.3) is 0 Å². The minimum absolute atomic E-state index is 0.0879. The van der Waals surface area contributed by atoms with Gasteiger partial charge in [-0.3, -0.25) is 0 Å². The van der Waals surface area contributed by atoms with Crippen LogP contribution in [0.1, 0.15) is 36.0 Å². The fraction of sp³-hybridized carbons (Fsp3) is 0.471. The van der Waals surface area contributed by atoms with Gasteiger partial charge in [-0.15, -0.1) is 0 Å². The van der Waals surface area contributed by atoms with Crippen molar-refractivity contribution in [3.05, 3.63) is 24.0 Å². The highest BCUT2D eigenvalue weighted by molar-refractivity contribution is 5.99. The third-order valence-electron chi connectivity index (χ3n) is 4.45. The Hall–Kier alpha value is -2.57. The second kappa shape index (κ2) is 6.51. The van der Waals surface area contributed by atoms with Gasteiger partial charge in [0.1, 0.15) is 17.1 Å². The van der Waals surface area contributed by atoms with Crippen LogP contribution in [0.3, 0.4) is 0 Å². The average molecular weight is 330 g/mol. The Labute approximate surface area is 140 Å². The molecule has 1 aliphatic carbocycles. The first kappa shape index (κ1) is 16.3. The number of carbonyl (C=O) groups is 1. The highest BCUT2D eigenvalue weighted by Crippen LogP contribution is 2.34. The van der Waals surface area contributed by atoms with Crippen LogP contribution in [0.4, 0.5) is 11.8 Å². The second-order valence-corrected chi connectivity index (χ2v) is 6.30. The van der Waals surface area contributed by atoms with Crippen LogP contribution in [0.15, 0.2) is 22.8 Å². The van der Waals surface area contributed by atoms with Crippen molar-refractivity contribution in [2.24, 2.45) is 0 Å². The normalized spacial score (nSPS) is 14.8. The number of furan rings is 1. The Morgan fingerprint density at radius 3 is 2.50 bits per heavy atom. The lowest BCUT2D eigenvalue weighted by atomic mass is 10.1. The van der Waals surface area contributed by atoms with E-state index >= 15 is 0 Å². The fourth-order valence-electron chi connectivity index (χ4n) is 3.15. The first-order valence-corrected chi connectivity index (χ1v) is 8.08. The predicted octanol–water partition coefficient (Wildman–Crippen LogP) is 2.88. The Bertz CT molecular complexity index is 722. The molecule has 0 atom stereocenters. The van der Waals surface area contributed by atoms with Crippen molar-refractivity contribution in [2.75, 3.05) is 30.9 Å². The predicted molar refractivity (Wildman–Crippen MR) is 91.7 cm³/mol. The van der Waals surface area contributed by atoms with Gasteiger partial charge in [-0.1, -0.05) is 12.8 Å².